The topological polar surface area (TPSA) is 112 Å². The smallest absolute Gasteiger partial charge is 0.419 e. The van der Waals surface area contributed by atoms with Crippen LogP contribution < -0.4 is 20.9 Å². The number of ether oxygens (including phenoxy) is 2. The number of rotatable bonds is 8. The normalized spacial score (nSPS) is 11.4. The summed E-state index contributed by atoms with van der Waals surface area (Å²) in [6.45, 7) is -0.340. The van der Waals surface area contributed by atoms with Crippen molar-refractivity contribution < 1.29 is 35.8 Å². The van der Waals surface area contributed by atoms with Crippen molar-refractivity contribution in [2.45, 2.75) is 19.1 Å². The third-order valence-corrected chi connectivity index (χ3v) is 4.95. The maximum absolute atomic E-state index is 14.4. The lowest BCUT2D eigenvalue weighted by atomic mass is 10.2. The van der Waals surface area contributed by atoms with Crippen molar-refractivity contribution in [2.24, 2.45) is 0 Å². The quantitative estimate of drug-likeness (QED) is 0.341. The Bertz CT molecular complexity index is 1570. The van der Waals surface area contributed by atoms with Gasteiger partial charge < -0.3 is 14.5 Å². The molecule has 0 bridgehead atoms. The van der Waals surface area contributed by atoms with Gasteiger partial charge in [0.1, 0.15) is 11.6 Å². The van der Waals surface area contributed by atoms with Gasteiger partial charge in [0.2, 0.25) is 5.82 Å². The Morgan fingerprint density at radius 1 is 0.921 bits per heavy atom. The van der Waals surface area contributed by atoms with Crippen molar-refractivity contribution in [3.63, 3.8) is 0 Å². The minimum Gasteiger partial charge on any atom is -0.475 e. The van der Waals surface area contributed by atoms with Gasteiger partial charge in [-0.2, -0.15) is 22.5 Å². The maximum atomic E-state index is 14.4. The number of pyridine rings is 1. The van der Waals surface area contributed by atoms with Crippen LogP contribution in [0.25, 0.3) is 0 Å². The van der Waals surface area contributed by atoms with Crippen LogP contribution in [0.5, 0.6) is 17.5 Å². The zero-order chi connectivity index (χ0) is 27.4. The standard InChI is InChI=1S/C23H15F6N5O4/c24-16-2-1-14(6-15(16)23(27,28)29)38-19-17(25)5-12(7-30-19)3-4-37-20-18(26)11-34(22(36)33-20)10-13-8-31-21(35)32-9-13/h1-2,5-9,11H,3-4,10H2,(H,31,32,35). The van der Waals surface area contributed by atoms with Crippen LogP contribution in [0.2, 0.25) is 0 Å². The lowest BCUT2D eigenvalue weighted by molar-refractivity contribution is -0.140. The molecule has 0 fully saturated rings. The van der Waals surface area contributed by atoms with E-state index in [1.807, 2.05) is 0 Å². The Morgan fingerprint density at radius 3 is 2.37 bits per heavy atom. The number of H-pyrrole nitrogens is 1. The van der Waals surface area contributed by atoms with E-state index in [9.17, 15) is 35.9 Å². The summed E-state index contributed by atoms with van der Waals surface area (Å²) in [6.07, 6.45) is -0.436. The van der Waals surface area contributed by atoms with E-state index in [1.54, 1.807) is 0 Å². The number of hydrogen-bond donors (Lipinski definition) is 1. The average Bonchev–Trinajstić information content (AvgIpc) is 2.85. The van der Waals surface area contributed by atoms with E-state index in [2.05, 4.69) is 19.9 Å². The summed E-state index contributed by atoms with van der Waals surface area (Å²) in [5.74, 6) is -5.20. The largest absolute Gasteiger partial charge is 0.475 e. The second-order valence-corrected chi connectivity index (χ2v) is 7.70. The van der Waals surface area contributed by atoms with Crippen LogP contribution in [0.15, 0.2) is 58.6 Å². The van der Waals surface area contributed by atoms with E-state index in [0.29, 0.717) is 17.7 Å². The summed E-state index contributed by atoms with van der Waals surface area (Å²) < 4.78 is 91.9. The summed E-state index contributed by atoms with van der Waals surface area (Å²) in [5.41, 5.74) is -2.32. The van der Waals surface area contributed by atoms with Crippen molar-refractivity contribution in [1.82, 2.24) is 24.5 Å². The Balaban J connectivity index is 1.38. The minimum absolute atomic E-state index is 0.00772. The molecular weight excluding hydrogens is 524 g/mol. The molecule has 0 spiro atoms. The third-order valence-electron chi connectivity index (χ3n) is 4.95. The zero-order valence-corrected chi connectivity index (χ0v) is 18.9. The van der Waals surface area contributed by atoms with Gasteiger partial charge in [0.25, 0.3) is 11.8 Å². The lowest BCUT2D eigenvalue weighted by Crippen LogP contribution is -2.25. The minimum atomic E-state index is -4.97. The number of alkyl halides is 3. The second kappa shape index (κ2) is 10.7. The maximum Gasteiger partial charge on any atom is 0.419 e. The van der Waals surface area contributed by atoms with Crippen LogP contribution in [-0.2, 0) is 19.1 Å². The van der Waals surface area contributed by atoms with Gasteiger partial charge in [-0.15, -0.1) is 0 Å². The summed E-state index contributed by atoms with van der Waals surface area (Å²) in [6, 6.07) is 2.78. The predicted octanol–water partition coefficient (Wildman–Crippen LogP) is 3.62. The molecule has 1 N–H and O–H groups in total. The molecule has 0 atom stereocenters. The Morgan fingerprint density at radius 2 is 1.68 bits per heavy atom. The number of benzene rings is 1. The van der Waals surface area contributed by atoms with Crippen molar-refractivity contribution in [1.29, 1.82) is 0 Å². The van der Waals surface area contributed by atoms with Gasteiger partial charge in [0.05, 0.1) is 24.9 Å². The molecule has 1 aromatic carbocycles. The highest BCUT2D eigenvalue weighted by Gasteiger charge is 2.34. The van der Waals surface area contributed by atoms with Crippen LogP contribution in [0.4, 0.5) is 26.3 Å². The molecule has 0 unspecified atom stereocenters. The first-order chi connectivity index (χ1) is 18.0. The highest BCUT2D eigenvalue weighted by molar-refractivity contribution is 5.35. The van der Waals surface area contributed by atoms with E-state index >= 15 is 0 Å². The predicted molar refractivity (Wildman–Crippen MR) is 117 cm³/mol. The fourth-order valence-corrected chi connectivity index (χ4v) is 3.16. The molecular formula is C23H15F6N5O4. The van der Waals surface area contributed by atoms with Crippen LogP contribution in [0, 0.1) is 17.5 Å². The molecule has 0 saturated carbocycles. The molecule has 38 heavy (non-hydrogen) atoms. The monoisotopic (exact) mass is 539 g/mol. The number of halogens is 6. The molecule has 4 aromatic rings. The Kier molecular flexibility index (Phi) is 7.45. The third kappa shape index (κ3) is 6.35. The number of nitrogens with zero attached hydrogens (tertiary/aromatic N) is 4. The van der Waals surface area contributed by atoms with Gasteiger partial charge in [-0.25, -0.2) is 28.3 Å². The van der Waals surface area contributed by atoms with E-state index in [0.717, 1.165) is 29.1 Å². The molecule has 198 valence electrons. The molecule has 0 aliphatic heterocycles. The summed E-state index contributed by atoms with van der Waals surface area (Å²) >= 11 is 0. The number of aromatic nitrogens is 5. The van der Waals surface area contributed by atoms with E-state index in [4.69, 9.17) is 9.47 Å². The summed E-state index contributed by atoms with van der Waals surface area (Å²) in [7, 11) is 0. The molecule has 9 nitrogen and oxygen atoms in total. The fourth-order valence-electron chi connectivity index (χ4n) is 3.16. The van der Waals surface area contributed by atoms with Crippen molar-refractivity contribution in [3.05, 3.63) is 104 Å². The van der Waals surface area contributed by atoms with Gasteiger partial charge in [0, 0.05) is 30.6 Å². The first-order valence-corrected chi connectivity index (χ1v) is 10.6. The summed E-state index contributed by atoms with van der Waals surface area (Å²) in [5, 5.41) is 0. The number of hydrogen-bond acceptors (Lipinski definition) is 7. The van der Waals surface area contributed by atoms with Crippen molar-refractivity contribution in [2.75, 3.05) is 6.61 Å². The Labute approximate surface area is 208 Å². The van der Waals surface area contributed by atoms with E-state index < -0.39 is 58.1 Å². The average molecular weight is 539 g/mol. The number of nitrogens with one attached hydrogen (secondary N) is 1. The molecule has 3 heterocycles. The Hall–Kier alpha value is -4.69. The molecule has 0 radical (unpaired) electrons. The van der Waals surface area contributed by atoms with Crippen molar-refractivity contribution >= 4 is 0 Å². The van der Waals surface area contributed by atoms with E-state index in [1.165, 1.54) is 12.4 Å². The lowest BCUT2D eigenvalue weighted by Gasteiger charge is -2.11. The van der Waals surface area contributed by atoms with Crippen LogP contribution in [0.3, 0.4) is 0 Å². The van der Waals surface area contributed by atoms with Gasteiger partial charge in [0.15, 0.2) is 5.82 Å². The fraction of sp³-hybridized carbons (Fsp3) is 0.174. The molecule has 0 amide bonds. The molecule has 15 heteroatoms. The van der Waals surface area contributed by atoms with Gasteiger partial charge in [-0.3, -0.25) is 4.57 Å². The zero-order valence-electron chi connectivity index (χ0n) is 18.9. The second-order valence-electron chi connectivity index (χ2n) is 7.70. The first kappa shape index (κ1) is 26.4. The molecule has 0 aliphatic carbocycles. The van der Waals surface area contributed by atoms with Crippen molar-refractivity contribution in [3.8, 4) is 17.5 Å². The van der Waals surface area contributed by atoms with Gasteiger partial charge >= 0.3 is 17.6 Å². The van der Waals surface area contributed by atoms with Crippen LogP contribution >= 0.6 is 0 Å². The van der Waals surface area contributed by atoms with Crippen LogP contribution in [0.1, 0.15) is 16.7 Å². The molecule has 3 aromatic heterocycles. The highest BCUT2D eigenvalue weighted by atomic mass is 19.4. The number of aromatic amines is 1. The SMILES string of the molecule is O=c1ncc(Cn2cc(F)c(OCCc3cnc(Oc4ccc(F)c(C(F)(F)F)c4)c(F)c3)nc2=O)c[nH]1. The molecule has 4 rings (SSSR count). The van der Waals surface area contributed by atoms with Crippen LogP contribution in [-0.4, -0.2) is 31.1 Å². The summed E-state index contributed by atoms with van der Waals surface area (Å²) in [4.78, 5) is 36.2. The van der Waals surface area contributed by atoms with Gasteiger partial charge in [-0.05, 0) is 29.8 Å². The first-order valence-electron chi connectivity index (χ1n) is 10.6. The molecule has 0 saturated heterocycles. The van der Waals surface area contributed by atoms with E-state index in [-0.39, 0.29) is 25.1 Å². The molecule has 0 aliphatic rings. The highest BCUT2D eigenvalue weighted by Crippen LogP contribution is 2.35. The van der Waals surface area contributed by atoms with Gasteiger partial charge in [-0.1, -0.05) is 0 Å².